The smallest absolute Gasteiger partial charge is 0.323 e. The summed E-state index contributed by atoms with van der Waals surface area (Å²) in [5, 5.41) is 0. The third kappa shape index (κ3) is 4.72. The first-order chi connectivity index (χ1) is 10.2. The molecule has 0 aliphatic heterocycles. The Hall–Kier alpha value is -2.13. The van der Waals surface area contributed by atoms with Gasteiger partial charge in [0, 0.05) is 0 Å². The summed E-state index contributed by atoms with van der Waals surface area (Å²) in [6, 6.07) is 18.0. The van der Waals surface area contributed by atoms with Gasteiger partial charge in [-0.1, -0.05) is 54.6 Å². The van der Waals surface area contributed by atoms with Crippen LogP contribution in [0.5, 0.6) is 0 Å². The van der Waals surface area contributed by atoms with Crippen LogP contribution in [-0.2, 0) is 22.4 Å². The van der Waals surface area contributed by atoms with Gasteiger partial charge < -0.3 is 10.5 Å². The highest BCUT2D eigenvalue weighted by atomic mass is 16.5. The van der Waals surface area contributed by atoms with Gasteiger partial charge in [-0.05, 0) is 36.5 Å². The van der Waals surface area contributed by atoms with Crippen LogP contribution in [0.3, 0.4) is 0 Å². The molecule has 0 aliphatic carbocycles. The molecule has 0 amide bonds. The Morgan fingerprint density at radius 3 is 2.19 bits per heavy atom. The molecule has 0 heterocycles. The highest BCUT2D eigenvalue weighted by molar-refractivity contribution is 5.75. The zero-order valence-corrected chi connectivity index (χ0v) is 12.3. The van der Waals surface area contributed by atoms with Gasteiger partial charge in [-0.2, -0.15) is 0 Å². The van der Waals surface area contributed by atoms with Gasteiger partial charge >= 0.3 is 5.97 Å². The van der Waals surface area contributed by atoms with Crippen molar-refractivity contribution >= 4 is 5.97 Å². The highest BCUT2D eigenvalue weighted by Gasteiger charge is 2.14. The normalized spacial score (nSPS) is 11.9. The van der Waals surface area contributed by atoms with E-state index in [1.807, 2.05) is 30.3 Å². The monoisotopic (exact) mass is 283 g/mol. The minimum absolute atomic E-state index is 0.342. The summed E-state index contributed by atoms with van der Waals surface area (Å²) in [6.45, 7) is 2.14. The van der Waals surface area contributed by atoms with Crippen LogP contribution >= 0.6 is 0 Å². The van der Waals surface area contributed by atoms with Gasteiger partial charge in [0.05, 0.1) is 6.61 Å². The molecule has 0 radical (unpaired) electrons. The lowest BCUT2D eigenvalue weighted by Gasteiger charge is -2.11. The van der Waals surface area contributed by atoms with Gasteiger partial charge in [0.15, 0.2) is 0 Å². The van der Waals surface area contributed by atoms with Crippen molar-refractivity contribution in [2.24, 2.45) is 5.73 Å². The van der Waals surface area contributed by atoms with Gasteiger partial charge in [-0.3, -0.25) is 4.79 Å². The zero-order chi connectivity index (χ0) is 15.1. The van der Waals surface area contributed by atoms with Crippen LogP contribution in [0, 0.1) is 0 Å². The molecular weight excluding hydrogens is 262 g/mol. The van der Waals surface area contributed by atoms with Crippen LogP contribution in [-0.4, -0.2) is 18.6 Å². The van der Waals surface area contributed by atoms with Gasteiger partial charge in [0.1, 0.15) is 6.04 Å². The number of nitrogens with two attached hydrogens (primary N) is 1. The Labute approximate surface area is 125 Å². The summed E-state index contributed by atoms with van der Waals surface area (Å²) < 4.78 is 4.91. The second kappa shape index (κ2) is 7.60. The number of ether oxygens (including phenoxy) is 1. The number of rotatable bonds is 6. The standard InChI is InChI=1S/C18H21NO2/c1-2-21-18(20)17(19)13-16-10-8-15(9-11-16)12-14-6-4-3-5-7-14/h3-11,17H,2,12-13,19H2,1H3/t17-/m0/s1. The van der Waals surface area contributed by atoms with Crippen LogP contribution in [0.2, 0.25) is 0 Å². The molecule has 2 rings (SSSR count). The maximum Gasteiger partial charge on any atom is 0.323 e. The van der Waals surface area contributed by atoms with Crippen molar-refractivity contribution in [3.63, 3.8) is 0 Å². The molecule has 0 fully saturated rings. The van der Waals surface area contributed by atoms with Crippen molar-refractivity contribution in [3.8, 4) is 0 Å². The average Bonchev–Trinajstić information content (AvgIpc) is 2.50. The largest absolute Gasteiger partial charge is 0.465 e. The van der Waals surface area contributed by atoms with E-state index in [2.05, 4.69) is 24.3 Å². The Balaban J connectivity index is 1.94. The molecule has 110 valence electrons. The fourth-order valence-electron chi connectivity index (χ4n) is 2.21. The number of benzene rings is 2. The van der Waals surface area contributed by atoms with E-state index in [0.717, 1.165) is 12.0 Å². The third-order valence-corrected chi connectivity index (χ3v) is 3.32. The van der Waals surface area contributed by atoms with Crippen molar-refractivity contribution in [1.29, 1.82) is 0 Å². The van der Waals surface area contributed by atoms with Gasteiger partial charge in [0.2, 0.25) is 0 Å². The van der Waals surface area contributed by atoms with Crippen molar-refractivity contribution in [3.05, 3.63) is 71.3 Å². The molecule has 0 aromatic heterocycles. The van der Waals surface area contributed by atoms with E-state index in [-0.39, 0.29) is 5.97 Å². The fraction of sp³-hybridized carbons (Fsp3) is 0.278. The van der Waals surface area contributed by atoms with Crippen molar-refractivity contribution in [2.45, 2.75) is 25.8 Å². The first-order valence-electron chi connectivity index (χ1n) is 7.23. The van der Waals surface area contributed by atoms with Crippen molar-refractivity contribution in [1.82, 2.24) is 0 Å². The molecule has 2 aromatic rings. The second-order valence-electron chi connectivity index (χ2n) is 5.04. The zero-order valence-electron chi connectivity index (χ0n) is 12.3. The quantitative estimate of drug-likeness (QED) is 0.829. The average molecular weight is 283 g/mol. The molecule has 0 unspecified atom stereocenters. The summed E-state index contributed by atoms with van der Waals surface area (Å²) in [7, 11) is 0. The fourth-order valence-corrected chi connectivity index (χ4v) is 2.21. The lowest BCUT2D eigenvalue weighted by Crippen LogP contribution is -2.34. The molecule has 0 saturated carbocycles. The first-order valence-corrected chi connectivity index (χ1v) is 7.23. The van der Waals surface area contributed by atoms with Gasteiger partial charge in [-0.15, -0.1) is 0 Å². The Kier molecular flexibility index (Phi) is 5.52. The highest BCUT2D eigenvalue weighted by Crippen LogP contribution is 2.12. The molecule has 0 saturated heterocycles. The molecule has 21 heavy (non-hydrogen) atoms. The Morgan fingerprint density at radius 1 is 1.00 bits per heavy atom. The molecule has 1 atom stereocenters. The second-order valence-corrected chi connectivity index (χ2v) is 5.04. The summed E-state index contributed by atoms with van der Waals surface area (Å²) in [4.78, 5) is 11.5. The molecule has 3 heteroatoms. The van der Waals surface area contributed by atoms with Crippen molar-refractivity contribution in [2.75, 3.05) is 6.61 Å². The lowest BCUT2D eigenvalue weighted by atomic mass is 10.0. The van der Waals surface area contributed by atoms with Crippen LogP contribution in [0.25, 0.3) is 0 Å². The minimum Gasteiger partial charge on any atom is -0.465 e. The summed E-state index contributed by atoms with van der Waals surface area (Å²) in [5.41, 5.74) is 9.40. The molecule has 2 N–H and O–H groups in total. The van der Waals surface area contributed by atoms with E-state index < -0.39 is 6.04 Å². The van der Waals surface area contributed by atoms with Crippen LogP contribution in [0.1, 0.15) is 23.6 Å². The molecule has 0 spiro atoms. The van der Waals surface area contributed by atoms with E-state index in [4.69, 9.17) is 10.5 Å². The van der Waals surface area contributed by atoms with E-state index >= 15 is 0 Å². The van der Waals surface area contributed by atoms with E-state index in [0.29, 0.717) is 13.0 Å². The molecular formula is C18H21NO2. The number of esters is 1. The van der Waals surface area contributed by atoms with E-state index in [9.17, 15) is 4.79 Å². The summed E-state index contributed by atoms with van der Waals surface area (Å²) >= 11 is 0. The first kappa shape index (κ1) is 15.3. The Morgan fingerprint density at radius 2 is 1.57 bits per heavy atom. The van der Waals surface area contributed by atoms with Crippen LogP contribution in [0.15, 0.2) is 54.6 Å². The predicted molar refractivity (Wildman–Crippen MR) is 84.0 cm³/mol. The van der Waals surface area contributed by atoms with Gasteiger partial charge in [0.25, 0.3) is 0 Å². The molecule has 2 aromatic carbocycles. The van der Waals surface area contributed by atoms with E-state index in [1.54, 1.807) is 6.92 Å². The molecule has 0 aliphatic rings. The predicted octanol–water partition coefficient (Wildman–Crippen LogP) is 2.71. The third-order valence-electron chi connectivity index (χ3n) is 3.32. The molecule has 0 bridgehead atoms. The Bertz CT molecular complexity index is 564. The van der Waals surface area contributed by atoms with E-state index in [1.165, 1.54) is 11.1 Å². The van der Waals surface area contributed by atoms with Gasteiger partial charge in [-0.25, -0.2) is 0 Å². The topological polar surface area (TPSA) is 52.3 Å². The lowest BCUT2D eigenvalue weighted by molar-refractivity contribution is -0.144. The molecule has 3 nitrogen and oxygen atoms in total. The maximum absolute atomic E-state index is 11.5. The SMILES string of the molecule is CCOC(=O)[C@@H](N)Cc1ccc(Cc2ccccc2)cc1. The van der Waals surface area contributed by atoms with Crippen LogP contribution in [0.4, 0.5) is 0 Å². The number of carbonyl (C=O) groups is 1. The van der Waals surface area contributed by atoms with Crippen LogP contribution < -0.4 is 5.73 Å². The summed E-state index contributed by atoms with van der Waals surface area (Å²) in [6.07, 6.45) is 1.41. The minimum atomic E-state index is -0.593. The van der Waals surface area contributed by atoms with Crippen molar-refractivity contribution < 1.29 is 9.53 Å². The number of hydrogen-bond acceptors (Lipinski definition) is 3. The summed E-state index contributed by atoms with van der Waals surface area (Å²) in [5.74, 6) is -0.342. The maximum atomic E-state index is 11.5. The number of carbonyl (C=O) groups excluding carboxylic acids is 1. The number of hydrogen-bond donors (Lipinski definition) is 1.